The first-order chi connectivity index (χ1) is 18.2. The molecule has 1 amide bonds. The Morgan fingerprint density at radius 3 is 2.71 bits per heavy atom. The number of hydrogen-bond acceptors (Lipinski definition) is 5. The molecule has 0 aliphatic carbocycles. The Balaban J connectivity index is 1.65. The van der Waals surface area contributed by atoms with Crippen LogP contribution in [-0.4, -0.2) is 59.1 Å². The molecule has 3 unspecified atom stereocenters. The lowest BCUT2D eigenvalue weighted by Gasteiger charge is -2.35. The average molecular weight is 522 g/mol. The van der Waals surface area contributed by atoms with Crippen molar-refractivity contribution in [2.45, 2.75) is 78.2 Å². The highest BCUT2D eigenvalue weighted by molar-refractivity contribution is 5.94. The zero-order valence-electron chi connectivity index (χ0n) is 23.4. The Labute approximate surface area is 227 Å². The molecule has 2 aliphatic rings. The van der Waals surface area contributed by atoms with Crippen molar-refractivity contribution in [3.05, 3.63) is 53.9 Å². The summed E-state index contributed by atoms with van der Waals surface area (Å²) in [5.41, 5.74) is 2.94. The van der Waals surface area contributed by atoms with Crippen molar-refractivity contribution < 1.29 is 19.4 Å². The van der Waals surface area contributed by atoms with E-state index < -0.39 is 11.9 Å². The number of carbonyl (C=O) groups is 2. The van der Waals surface area contributed by atoms with E-state index in [9.17, 15) is 14.7 Å². The first-order valence-electron chi connectivity index (χ1n) is 14.2. The van der Waals surface area contributed by atoms with E-state index in [2.05, 4.69) is 43.6 Å². The van der Waals surface area contributed by atoms with E-state index in [0.29, 0.717) is 19.7 Å². The number of carboxylic acids is 1. The fourth-order valence-electron chi connectivity index (χ4n) is 6.35. The second-order valence-corrected chi connectivity index (χ2v) is 11.7. The molecule has 0 bridgehead atoms. The maximum absolute atomic E-state index is 13.8. The molecule has 3 heterocycles. The molecule has 1 fully saturated rings. The Bertz CT molecular complexity index is 1100. The van der Waals surface area contributed by atoms with Gasteiger partial charge in [0.2, 0.25) is 5.91 Å². The van der Waals surface area contributed by atoms with Gasteiger partial charge in [-0.15, -0.1) is 0 Å². The van der Waals surface area contributed by atoms with Crippen LogP contribution in [0, 0.1) is 11.3 Å². The van der Waals surface area contributed by atoms with Gasteiger partial charge in [0.05, 0.1) is 31.0 Å². The molecule has 206 valence electrons. The highest BCUT2D eigenvalue weighted by atomic mass is 16.5. The van der Waals surface area contributed by atoms with E-state index in [1.165, 1.54) is 0 Å². The van der Waals surface area contributed by atoms with Gasteiger partial charge in [-0.25, -0.2) is 0 Å². The summed E-state index contributed by atoms with van der Waals surface area (Å²) in [4.78, 5) is 34.9. The zero-order chi connectivity index (χ0) is 27.3. The van der Waals surface area contributed by atoms with Gasteiger partial charge < -0.3 is 14.7 Å². The molecule has 0 spiro atoms. The van der Waals surface area contributed by atoms with Crippen LogP contribution in [0.4, 0.5) is 5.69 Å². The third kappa shape index (κ3) is 6.37. The number of pyridine rings is 1. The fraction of sp³-hybridized carbons (Fsp3) is 0.581. The Morgan fingerprint density at radius 1 is 1.21 bits per heavy atom. The predicted molar refractivity (Wildman–Crippen MR) is 150 cm³/mol. The number of rotatable bonds is 12. The summed E-state index contributed by atoms with van der Waals surface area (Å²) >= 11 is 0. The Hall–Kier alpha value is -2.93. The van der Waals surface area contributed by atoms with Gasteiger partial charge in [0.1, 0.15) is 5.75 Å². The van der Waals surface area contributed by atoms with Gasteiger partial charge in [0.25, 0.3) is 0 Å². The smallest absolute Gasteiger partial charge is 0.308 e. The van der Waals surface area contributed by atoms with E-state index in [1.807, 2.05) is 29.2 Å². The number of benzene rings is 1. The number of hydrogen-bond donors (Lipinski definition) is 1. The molecule has 3 atom stereocenters. The molecule has 1 aromatic carbocycles. The molecular formula is C31H43N3O4. The fourth-order valence-corrected chi connectivity index (χ4v) is 6.35. The highest BCUT2D eigenvalue weighted by Crippen LogP contribution is 2.44. The minimum Gasteiger partial charge on any atom is -0.493 e. The summed E-state index contributed by atoms with van der Waals surface area (Å²) in [6.07, 6.45) is 8.94. The highest BCUT2D eigenvalue weighted by Gasteiger charge is 2.48. The van der Waals surface area contributed by atoms with Crippen LogP contribution in [0.5, 0.6) is 5.75 Å². The topological polar surface area (TPSA) is 83.0 Å². The molecule has 1 N–H and O–H groups in total. The first kappa shape index (κ1) is 28.1. The predicted octanol–water partition coefficient (Wildman–Crippen LogP) is 5.53. The number of carbonyl (C=O) groups excluding carboxylic acids is 1. The number of carboxylic acid groups (broad SMARTS) is 1. The molecule has 38 heavy (non-hydrogen) atoms. The van der Waals surface area contributed by atoms with E-state index in [1.54, 1.807) is 12.4 Å². The van der Waals surface area contributed by atoms with E-state index in [4.69, 9.17) is 4.74 Å². The number of aromatic nitrogens is 1. The van der Waals surface area contributed by atoms with Crippen molar-refractivity contribution in [3.8, 4) is 5.75 Å². The minimum atomic E-state index is -0.783. The van der Waals surface area contributed by atoms with Gasteiger partial charge in [-0.1, -0.05) is 52.7 Å². The van der Waals surface area contributed by atoms with Gasteiger partial charge in [-0.2, -0.15) is 0 Å². The van der Waals surface area contributed by atoms with Crippen LogP contribution in [0.2, 0.25) is 0 Å². The SMILES string of the molecule is CCCCN(C(=O)CN1CC(c2ccc3c(c2)CCO3)C(C(=O)O)C1CC(C)(C)CCC)c1cccnc1. The van der Waals surface area contributed by atoms with Crippen molar-refractivity contribution in [2.24, 2.45) is 11.3 Å². The van der Waals surface area contributed by atoms with Crippen molar-refractivity contribution in [2.75, 3.05) is 31.1 Å². The number of amides is 1. The van der Waals surface area contributed by atoms with Crippen LogP contribution < -0.4 is 9.64 Å². The van der Waals surface area contributed by atoms with Crippen molar-refractivity contribution in [1.82, 2.24) is 9.88 Å². The maximum Gasteiger partial charge on any atom is 0.308 e. The molecule has 0 saturated carbocycles. The molecular weight excluding hydrogens is 478 g/mol. The third-order valence-corrected chi connectivity index (χ3v) is 8.20. The average Bonchev–Trinajstić information content (AvgIpc) is 3.49. The zero-order valence-corrected chi connectivity index (χ0v) is 23.4. The number of likely N-dealkylation sites (tertiary alicyclic amines) is 1. The van der Waals surface area contributed by atoms with Crippen LogP contribution in [0.25, 0.3) is 0 Å². The Kier molecular flexibility index (Phi) is 9.08. The van der Waals surface area contributed by atoms with E-state index >= 15 is 0 Å². The van der Waals surface area contributed by atoms with Gasteiger partial charge in [0, 0.05) is 37.7 Å². The van der Waals surface area contributed by atoms with E-state index in [0.717, 1.165) is 61.1 Å². The largest absolute Gasteiger partial charge is 0.493 e. The number of unbranched alkanes of at least 4 members (excludes halogenated alkanes) is 1. The van der Waals surface area contributed by atoms with Gasteiger partial charge in [-0.3, -0.25) is 19.5 Å². The van der Waals surface area contributed by atoms with Crippen LogP contribution in [0.15, 0.2) is 42.7 Å². The standard InChI is InChI=1S/C31H43N3O4/c1-5-7-15-34(24-9-8-14-32-19-24)28(35)21-33-20-25(22-10-11-27-23(17-22)12-16-38-27)29(30(36)37)26(33)18-31(3,4)13-6-2/h8-11,14,17,19,25-26,29H,5-7,12-13,15-16,18,20-21H2,1-4H3,(H,36,37). The molecule has 7 heteroatoms. The summed E-state index contributed by atoms with van der Waals surface area (Å²) in [6, 6.07) is 9.67. The lowest BCUT2D eigenvalue weighted by molar-refractivity contribution is -0.143. The first-order valence-corrected chi connectivity index (χ1v) is 14.2. The molecule has 2 aliphatic heterocycles. The monoisotopic (exact) mass is 521 g/mol. The molecule has 1 aromatic heterocycles. The third-order valence-electron chi connectivity index (χ3n) is 8.20. The van der Waals surface area contributed by atoms with Gasteiger partial charge >= 0.3 is 5.97 Å². The number of ether oxygens (including phenoxy) is 1. The van der Waals surface area contributed by atoms with Crippen molar-refractivity contribution in [1.29, 1.82) is 0 Å². The second kappa shape index (κ2) is 12.3. The normalized spacial score (nSPS) is 21.2. The summed E-state index contributed by atoms with van der Waals surface area (Å²) in [5, 5.41) is 10.5. The summed E-state index contributed by atoms with van der Waals surface area (Å²) in [5.74, 6) is -0.654. The van der Waals surface area contributed by atoms with Crippen molar-refractivity contribution >= 4 is 17.6 Å². The second-order valence-electron chi connectivity index (χ2n) is 11.7. The van der Waals surface area contributed by atoms with Crippen LogP contribution in [-0.2, 0) is 16.0 Å². The van der Waals surface area contributed by atoms with Gasteiger partial charge in [0.15, 0.2) is 0 Å². The summed E-state index contributed by atoms with van der Waals surface area (Å²) in [6.45, 7) is 10.8. The lowest BCUT2D eigenvalue weighted by atomic mass is 9.76. The molecule has 0 radical (unpaired) electrons. The van der Waals surface area contributed by atoms with Crippen LogP contribution >= 0.6 is 0 Å². The maximum atomic E-state index is 13.8. The lowest BCUT2D eigenvalue weighted by Crippen LogP contribution is -2.46. The van der Waals surface area contributed by atoms with Gasteiger partial charge in [-0.05, 0) is 54.0 Å². The minimum absolute atomic E-state index is 0.00288. The Morgan fingerprint density at radius 2 is 2.03 bits per heavy atom. The number of fused-ring (bicyclic) bond motifs is 1. The quantitative estimate of drug-likeness (QED) is 0.395. The molecule has 1 saturated heterocycles. The molecule has 4 rings (SSSR count). The van der Waals surface area contributed by atoms with Crippen LogP contribution in [0.3, 0.4) is 0 Å². The molecule has 7 nitrogen and oxygen atoms in total. The summed E-state index contributed by atoms with van der Waals surface area (Å²) in [7, 11) is 0. The molecule has 2 aromatic rings. The summed E-state index contributed by atoms with van der Waals surface area (Å²) < 4.78 is 5.70. The van der Waals surface area contributed by atoms with E-state index in [-0.39, 0.29) is 29.8 Å². The van der Waals surface area contributed by atoms with Crippen molar-refractivity contribution in [3.63, 3.8) is 0 Å². The number of aliphatic carboxylic acids is 1. The number of anilines is 1. The van der Waals surface area contributed by atoms with Crippen LogP contribution in [0.1, 0.15) is 76.8 Å². The number of nitrogens with zero attached hydrogens (tertiary/aromatic N) is 3.